The first-order valence-corrected chi connectivity index (χ1v) is 10.4. The molecule has 1 fully saturated rings. The number of benzene rings is 2. The molecule has 1 heterocycles. The lowest BCUT2D eigenvalue weighted by molar-refractivity contribution is -0.148. The van der Waals surface area contributed by atoms with E-state index in [9.17, 15) is 9.59 Å². The van der Waals surface area contributed by atoms with E-state index in [4.69, 9.17) is 0 Å². The molecule has 2 aromatic carbocycles. The van der Waals surface area contributed by atoms with Crippen molar-refractivity contribution >= 4 is 17.5 Å². The average Bonchev–Trinajstić information content (AvgIpc) is 2.77. The first-order chi connectivity index (χ1) is 13.9. The van der Waals surface area contributed by atoms with E-state index in [1.54, 1.807) is 18.7 Å². The predicted octanol–water partition coefficient (Wildman–Crippen LogP) is 3.41. The van der Waals surface area contributed by atoms with E-state index < -0.39 is 5.41 Å². The molecule has 1 aliphatic rings. The number of para-hydroxylation sites is 1. The van der Waals surface area contributed by atoms with Gasteiger partial charge in [0.15, 0.2) is 0 Å². The standard InChI is InChI=1S/C24H31N3O2/c1-4-25-15-17-26(18-16-25)22(28)24(2,3)23(29)27(21-13-9-6-10-14-21)19-20-11-7-5-8-12-20/h5-14H,4,15-19H2,1-3H3. The Kier molecular flexibility index (Phi) is 6.70. The SMILES string of the molecule is CCN1CCN(C(=O)C(C)(C)C(=O)N(Cc2ccccc2)c2ccccc2)CC1. The average molecular weight is 394 g/mol. The smallest absolute Gasteiger partial charge is 0.242 e. The third-order valence-electron chi connectivity index (χ3n) is 5.67. The van der Waals surface area contributed by atoms with Gasteiger partial charge in [-0.1, -0.05) is 55.5 Å². The molecular formula is C24H31N3O2. The maximum Gasteiger partial charge on any atom is 0.242 e. The van der Waals surface area contributed by atoms with E-state index in [0.717, 1.165) is 30.9 Å². The van der Waals surface area contributed by atoms with Gasteiger partial charge in [-0.2, -0.15) is 0 Å². The summed E-state index contributed by atoms with van der Waals surface area (Å²) in [6.07, 6.45) is 0. The quantitative estimate of drug-likeness (QED) is 0.707. The van der Waals surface area contributed by atoms with Gasteiger partial charge in [0.25, 0.3) is 0 Å². The maximum atomic E-state index is 13.6. The van der Waals surface area contributed by atoms with Gasteiger partial charge in [0.1, 0.15) is 5.41 Å². The number of hydrogen-bond donors (Lipinski definition) is 0. The Morgan fingerprint density at radius 1 is 0.897 bits per heavy atom. The van der Waals surface area contributed by atoms with Crippen LogP contribution in [-0.4, -0.2) is 54.3 Å². The van der Waals surface area contributed by atoms with E-state index in [1.165, 1.54) is 0 Å². The summed E-state index contributed by atoms with van der Waals surface area (Å²) >= 11 is 0. The predicted molar refractivity (Wildman–Crippen MR) is 117 cm³/mol. The molecule has 0 unspecified atom stereocenters. The Morgan fingerprint density at radius 3 is 2.00 bits per heavy atom. The molecule has 0 aromatic heterocycles. The molecule has 0 radical (unpaired) electrons. The zero-order chi connectivity index (χ0) is 20.9. The number of carbonyl (C=O) groups excluding carboxylic acids is 2. The van der Waals surface area contributed by atoms with Crippen LogP contribution in [0, 0.1) is 5.41 Å². The summed E-state index contributed by atoms with van der Waals surface area (Å²) in [5.41, 5.74) is 0.710. The van der Waals surface area contributed by atoms with Crippen LogP contribution >= 0.6 is 0 Å². The minimum absolute atomic E-state index is 0.0905. The third kappa shape index (κ3) is 4.85. The van der Waals surface area contributed by atoms with Crippen molar-refractivity contribution < 1.29 is 9.59 Å². The number of carbonyl (C=O) groups is 2. The fourth-order valence-corrected chi connectivity index (χ4v) is 3.75. The molecule has 1 saturated heterocycles. The zero-order valence-corrected chi connectivity index (χ0v) is 17.7. The van der Waals surface area contributed by atoms with Crippen molar-refractivity contribution in [2.75, 3.05) is 37.6 Å². The highest BCUT2D eigenvalue weighted by Gasteiger charge is 2.42. The van der Waals surface area contributed by atoms with Crippen LogP contribution < -0.4 is 4.90 Å². The fourth-order valence-electron chi connectivity index (χ4n) is 3.75. The summed E-state index contributed by atoms with van der Waals surface area (Å²) in [5, 5.41) is 0. The van der Waals surface area contributed by atoms with Gasteiger partial charge >= 0.3 is 0 Å². The van der Waals surface area contributed by atoms with Gasteiger partial charge in [-0.25, -0.2) is 0 Å². The summed E-state index contributed by atoms with van der Waals surface area (Å²) in [7, 11) is 0. The molecule has 5 heteroatoms. The topological polar surface area (TPSA) is 43.9 Å². The molecule has 0 spiro atoms. The van der Waals surface area contributed by atoms with Crippen LogP contribution in [0.15, 0.2) is 60.7 Å². The Bertz CT molecular complexity index is 813. The molecule has 0 aliphatic carbocycles. The lowest BCUT2D eigenvalue weighted by Gasteiger charge is -2.39. The maximum absolute atomic E-state index is 13.6. The van der Waals surface area contributed by atoms with Crippen molar-refractivity contribution in [1.82, 2.24) is 9.80 Å². The largest absolute Gasteiger partial charge is 0.339 e. The second-order valence-corrected chi connectivity index (χ2v) is 8.06. The molecule has 0 saturated carbocycles. The highest BCUT2D eigenvalue weighted by molar-refractivity contribution is 6.11. The first kappa shape index (κ1) is 21.1. The monoisotopic (exact) mass is 393 g/mol. The second-order valence-electron chi connectivity index (χ2n) is 8.06. The molecule has 3 rings (SSSR count). The molecular weight excluding hydrogens is 362 g/mol. The van der Waals surface area contributed by atoms with Crippen LogP contribution in [0.25, 0.3) is 0 Å². The highest BCUT2D eigenvalue weighted by Crippen LogP contribution is 2.28. The number of anilines is 1. The van der Waals surface area contributed by atoms with Gasteiger partial charge in [0.2, 0.25) is 11.8 Å². The zero-order valence-electron chi connectivity index (χ0n) is 17.7. The van der Waals surface area contributed by atoms with Crippen molar-refractivity contribution in [1.29, 1.82) is 0 Å². The van der Waals surface area contributed by atoms with Crippen LogP contribution in [0.3, 0.4) is 0 Å². The lowest BCUT2D eigenvalue weighted by Crippen LogP contribution is -2.56. The van der Waals surface area contributed by atoms with Crippen LogP contribution in [0.4, 0.5) is 5.69 Å². The summed E-state index contributed by atoms with van der Waals surface area (Å²) in [6, 6.07) is 19.5. The van der Waals surface area contributed by atoms with Crippen molar-refractivity contribution in [2.45, 2.75) is 27.3 Å². The van der Waals surface area contributed by atoms with Crippen LogP contribution in [-0.2, 0) is 16.1 Å². The van der Waals surface area contributed by atoms with Crippen LogP contribution in [0.2, 0.25) is 0 Å². The molecule has 2 aromatic rings. The van der Waals surface area contributed by atoms with Crippen LogP contribution in [0.1, 0.15) is 26.3 Å². The van der Waals surface area contributed by atoms with Crippen molar-refractivity contribution in [3.8, 4) is 0 Å². The van der Waals surface area contributed by atoms with Gasteiger partial charge in [-0.3, -0.25) is 9.59 Å². The third-order valence-corrected chi connectivity index (χ3v) is 5.67. The summed E-state index contributed by atoms with van der Waals surface area (Å²) < 4.78 is 0. The molecule has 0 bridgehead atoms. The van der Waals surface area contributed by atoms with E-state index >= 15 is 0 Å². The van der Waals surface area contributed by atoms with Gasteiger partial charge in [0, 0.05) is 31.9 Å². The van der Waals surface area contributed by atoms with E-state index in [-0.39, 0.29) is 11.8 Å². The van der Waals surface area contributed by atoms with Gasteiger partial charge in [-0.15, -0.1) is 0 Å². The summed E-state index contributed by atoms with van der Waals surface area (Å²) in [5.74, 6) is -0.261. The molecule has 2 amide bonds. The Hall–Kier alpha value is -2.66. The molecule has 5 nitrogen and oxygen atoms in total. The van der Waals surface area contributed by atoms with Crippen molar-refractivity contribution in [2.24, 2.45) is 5.41 Å². The highest BCUT2D eigenvalue weighted by atomic mass is 16.2. The van der Waals surface area contributed by atoms with Gasteiger partial charge < -0.3 is 14.7 Å². The number of rotatable bonds is 6. The van der Waals surface area contributed by atoms with Crippen LogP contribution in [0.5, 0.6) is 0 Å². The minimum atomic E-state index is -1.13. The van der Waals surface area contributed by atoms with Gasteiger partial charge in [0.05, 0.1) is 6.54 Å². The van der Waals surface area contributed by atoms with E-state index in [0.29, 0.717) is 19.6 Å². The molecule has 1 aliphatic heterocycles. The first-order valence-electron chi connectivity index (χ1n) is 10.4. The molecule has 154 valence electrons. The Morgan fingerprint density at radius 2 is 1.45 bits per heavy atom. The van der Waals surface area contributed by atoms with Crippen molar-refractivity contribution in [3.63, 3.8) is 0 Å². The summed E-state index contributed by atoms with van der Waals surface area (Å²) in [6.45, 7) is 10.1. The second kappa shape index (κ2) is 9.23. The number of hydrogen-bond acceptors (Lipinski definition) is 3. The number of piperazine rings is 1. The normalized spacial score (nSPS) is 15.2. The molecule has 0 atom stereocenters. The Balaban J connectivity index is 1.83. The number of nitrogens with zero attached hydrogens (tertiary/aromatic N) is 3. The van der Waals surface area contributed by atoms with Gasteiger partial charge in [-0.05, 0) is 38.1 Å². The number of amides is 2. The van der Waals surface area contributed by atoms with Crippen molar-refractivity contribution in [3.05, 3.63) is 66.2 Å². The minimum Gasteiger partial charge on any atom is -0.339 e. The van der Waals surface area contributed by atoms with E-state index in [1.807, 2.05) is 65.6 Å². The molecule has 29 heavy (non-hydrogen) atoms. The molecule has 0 N–H and O–H groups in total. The number of likely N-dealkylation sites (N-methyl/N-ethyl adjacent to an activating group) is 1. The lowest BCUT2D eigenvalue weighted by atomic mass is 9.88. The van der Waals surface area contributed by atoms with E-state index in [2.05, 4.69) is 11.8 Å². The Labute approximate surface area is 173 Å². The summed E-state index contributed by atoms with van der Waals surface area (Å²) in [4.78, 5) is 32.8. The fraction of sp³-hybridized carbons (Fsp3) is 0.417.